The van der Waals surface area contributed by atoms with Gasteiger partial charge in [-0.25, -0.2) is 0 Å². The predicted octanol–water partition coefficient (Wildman–Crippen LogP) is -2.79. The molecule has 0 saturated heterocycles. The fraction of sp³-hybridized carbons (Fsp3) is 1.00. The van der Waals surface area contributed by atoms with E-state index in [1.165, 1.54) is 0 Å². The van der Waals surface area contributed by atoms with Crippen LogP contribution in [0.4, 0.5) is 0 Å². The Balaban J connectivity index is 3.58. The molecular formula is C5H18N6. The molecule has 0 aromatic heterocycles. The minimum Gasteiger partial charge on any atom is -0.318 e. The summed E-state index contributed by atoms with van der Waals surface area (Å²) in [7, 11) is 0. The van der Waals surface area contributed by atoms with Gasteiger partial charge >= 0.3 is 0 Å². The van der Waals surface area contributed by atoms with Crippen LogP contribution in [-0.2, 0) is 0 Å². The second-order valence-corrected chi connectivity index (χ2v) is 2.21. The van der Waals surface area contributed by atoms with E-state index in [0.717, 1.165) is 0 Å². The topological polar surface area (TPSA) is 111 Å². The average molecular weight is 162 g/mol. The fourth-order valence-corrected chi connectivity index (χ4v) is 0.663. The van der Waals surface area contributed by atoms with Gasteiger partial charge in [-0.05, 0) is 0 Å². The van der Waals surface area contributed by atoms with Crippen molar-refractivity contribution < 1.29 is 0 Å². The van der Waals surface area contributed by atoms with Crippen molar-refractivity contribution in [2.75, 3.05) is 33.3 Å². The first-order chi connectivity index (χ1) is 5.28. The zero-order valence-corrected chi connectivity index (χ0v) is 6.74. The first-order valence-electron chi connectivity index (χ1n) is 3.53. The summed E-state index contributed by atoms with van der Waals surface area (Å²) in [4.78, 5) is 3.67. The van der Waals surface area contributed by atoms with E-state index in [0.29, 0.717) is 33.3 Å². The van der Waals surface area contributed by atoms with E-state index in [1.54, 1.807) is 0 Å². The van der Waals surface area contributed by atoms with Crippen molar-refractivity contribution in [3.05, 3.63) is 0 Å². The summed E-state index contributed by atoms with van der Waals surface area (Å²) >= 11 is 0. The summed E-state index contributed by atoms with van der Waals surface area (Å²) in [5.41, 5.74) is 21.5. The highest BCUT2D eigenvalue weighted by Crippen LogP contribution is 1.85. The quantitative estimate of drug-likeness (QED) is 0.314. The maximum atomic E-state index is 5.38. The molecule has 6 heteroatoms. The van der Waals surface area contributed by atoms with Gasteiger partial charge in [0, 0.05) is 26.7 Å². The number of nitrogens with two attached hydrogens (primary N) is 4. The molecule has 6 nitrogen and oxygen atoms in total. The van der Waals surface area contributed by atoms with Crippen LogP contribution in [0.2, 0.25) is 0 Å². The van der Waals surface area contributed by atoms with Crippen molar-refractivity contribution in [2.45, 2.75) is 0 Å². The highest BCUT2D eigenvalue weighted by molar-refractivity contribution is 4.51. The molecule has 11 heavy (non-hydrogen) atoms. The van der Waals surface area contributed by atoms with Crippen molar-refractivity contribution in [3.8, 4) is 0 Å². The van der Waals surface area contributed by atoms with Crippen LogP contribution in [0.25, 0.3) is 0 Å². The number of hydrogen-bond acceptors (Lipinski definition) is 6. The minimum atomic E-state index is 0.424. The van der Waals surface area contributed by atoms with Crippen LogP contribution in [0, 0.1) is 0 Å². The third-order valence-corrected chi connectivity index (χ3v) is 1.43. The highest BCUT2D eigenvalue weighted by Gasteiger charge is 2.04. The second kappa shape index (κ2) is 6.47. The zero-order valence-electron chi connectivity index (χ0n) is 6.74. The zero-order chi connectivity index (χ0) is 8.69. The Morgan fingerprint density at radius 1 is 0.636 bits per heavy atom. The lowest BCUT2D eigenvalue weighted by molar-refractivity contribution is 0.141. The monoisotopic (exact) mass is 162 g/mol. The third kappa shape index (κ3) is 4.25. The molecular weight excluding hydrogens is 144 g/mol. The van der Waals surface area contributed by atoms with Gasteiger partial charge in [0.05, 0.1) is 6.67 Å². The molecule has 0 rings (SSSR count). The van der Waals surface area contributed by atoms with Crippen molar-refractivity contribution in [1.29, 1.82) is 0 Å². The van der Waals surface area contributed by atoms with Crippen LogP contribution in [0.5, 0.6) is 0 Å². The lowest BCUT2D eigenvalue weighted by Gasteiger charge is -2.25. The van der Waals surface area contributed by atoms with Gasteiger partial charge in [0.2, 0.25) is 0 Å². The van der Waals surface area contributed by atoms with Crippen LogP contribution in [0.1, 0.15) is 0 Å². The van der Waals surface area contributed by atoms with E-state index >= 15 is 0 Å². The van der Waals surface area contributed by atoms with Crippen LogP contribution in [0.3, 0.4) is 0 Å². The third-order valence-electron chi connectivity index (χ3n) is 1.43. The lowest BCUT2D eigenvalue weighted by Crippen LogP contribution is -2.47. The number of rotatable bonds is 6. The standard InChI is InChI=1S/C5H18N6/c6-1-10(2-7)5-11(3-8)4-9/h1-9H2. The minimum absolute atomic E-state index is 0.424. The van der Waals surface area contributed by atoms with Gasteiger partial charge in [-0.1, -0.05) is 0 Å². The van der Waals surface area contributed by atoms with Gasteiger partial charge in [-0.15, -0.1) is 0 Å². The Bertz CT molecular complexity index is 69.0. The summed E-state index contributed by atoms with van der Waals surface area (Å²) in [5, 5.41) is 0. The molecule has 0 heterocycles. The molecule has 0 unspecified atom stereocenters. The lowest BCUT2D eigenvalue weighted by atomic mass is 10.7. The van der Waals surface area contributed by atoms with Gasteiger partial charge in [0.15, 0.2) is 0 Å². The molecule has 0 aliphatic carbocycles. The second-order valence-electron chi connectivity index (χ2n) is 2.21. The summed E-state index contributed by atoms with van der Waals surface area (Å²) < 4.78 is 0. The summed E-state index contributed by atoms with van der Waals surface area (Å²) in [5.74, 6) is 0. The molecule has 0 aliphatic heterocycles. The van der Waals surface area contributed by atoms with Gasteiger partial charge in [0.25, 0.3) is 0 Å². The molecule has 0 aliphatic rings. The molecule has 0 amide bonds. The van der Waals surface area contributed by atoms with Gasteiger partial charge in [0.1, 0.15) is 0 Å². The molecule has 0 radical (unpaired) electrons. The molecule has 0 aromatic carbocycles. The molecule has 8 N–H and O–H groups in total. The summed E-state index contributed by atoms with van der Waals surface area (Å²) in [6.07, 6.45) is 0. The molecule has 0 atom stereocenters. The first kappa shape index (κ1) is 10.8. The van der Waals surface area contributed by atoms with Crippen molar-refractivity contribution >= 4 is 0 Å². The maximum absolute atomic E-state index is 5.38. The Hall–Kier alpha value is -0.240. The predicted molar refractivity (Wildman–Crippen MR) is 44.8 cm³/mol. The molecule has 0 saturated carbocycles. The van der Waals surface area contributed by atoms with Gasteiger partial charge < -0.3 is 22.9 Å². The number of nitrogens with zero attached hydrogens (tertiary/aromatic N) is 2. The van der Waals surface area contributed by atoms with Crippen LogP contribution in [-0.4, -0.2) is 43.1 Å². The Morgan fingerprint density at radius 2 is 0.909 bits per heavy atom. The molecule has 0 bridgehead atoms. The normalized spacial score (nSPS) is 11.5. The van der Waals surface area contributed by atoms with E-state index in [2.05, 4.69) is 0 Å². The Labute approximate surface area is 67.1 Å². The molecule has 68 valence electrons. The molecule has 0 aromatic rings. The Kier molecular flexibility index (Phi) is 6.33. The molecule has 0 fully saturated rings. The van der Waals surface area contributed by atoms with Crippen molar-refractivity contribution in [3.63, 3.8) is 0 Å². The van der Waals surface area contributed by atoms with Crippen molar-refractivity contribution in [1.82, 2.24) is 9.80 Å². The summed E-state index contributed by atoms with van der Waals surface area (Å²) in [6, 6.07) is 0. The van der Waals surface area contributed by atoms with E-state index < -0.39 is 0 Å². The smallest absolute Gasteiger partial charge is 0.0554 e. The first-order valence-corrected chi connectivity index (χ1v) is 3.53. The van der Waals surface area contributed by atoms with Crippen molar-refractivity contribution in [2.24, 2.45) is 22.9 Å². The average Bonchev–Trinajstić information content (AvgIpc) is 2.07. The van der Waals surface area contributed by atoms with Crippen LogP contribution in [0.15, 0.2) is 0 Å². The fourth-order valence-electron chi connectivity index (χ4n) is 0.663. The maximum Gasteiger partial charge on any atom is 0.0554 e. The van der Waals surface area contributed by atoms with E-state index in [-0.39, 0.29) is 0 Å². The van der Waals surface area contributed by atoms with E-state index in [4.69, 9.17) is 22.9 Å². The van der Waals surface area contributed by atoms with E-state index in [1.807, 2.05) is 9.80 Å². The van der Waals surface area contributed by atoms with Crippen LogP contribution < -0.4 is 22.9 Å². The van der Waals surface area contributed by atoms with Gasteiger partial charge in [-0.3, -0.25) is 9.80 Å². The largest absolute Gasteiger partial charge is 0.318 e. The highest BCUT2D eigenvalue weighted by atomic mass is 15.4. The van der Waals surface area contributed by atoms with Crippen LogP contribution >= 0.6 is 0 Å². The SMILES string of the molecule is NCN(CN)CN(CN)CN. The number of hydrogen-bond donors (Lipinski definition) is 4. The van der Waals surface area contributed by atoms with E-state index in [9.17, 15) is 0 Å². The molecule has 0 spiro atoms. The van der Waals surface area contributed by atoms with Gasteiger partial charge in [-0.2, -0.15) is 0 Å². The Morgan fingerprint density at radius 3 is 1.09 bits per heavy atom. The summed E-state index contributed by atoms with van der Waals surface area (Å²) in [6.45, 7) is 2.32.